The zero-order chi connectivity index (χ0) is 23.2. The van der Waals surface area contributed by atoms with Crippen molar-refractivity contribution in [3.8, 4) is 0 Å². The summed E-state index contributed by atoms with van der Waals surface area (Å²) in [6.07, 6.45) is 5.42. The first kappa shape index (κ1) is 23.0. The van der Waals surface area contributed by atoms with Gasteiger partial charge in [0.05, 0.1) is 0 Å². The molecule has 33 heavy (non-hydrogen) atoms. The number of nitrogens with zero attached hydrogens (tertiary/aromatic N) is 1. The van der Waals surface area contributed by atoms with Crippen LogP contribution in [0, 0.1) is 6.92 Å². The lowest BCUT2D eigenvalue weighted by Gasteiger charge is -2.30. The van der Waals surface area contributed by atoms with Crippen LogP contribution in [0.15, 0.2) is 66.7 Å². The van der Waals surface area contributed by atoms with E-state index in [4.69, 9.17) is 0 Å². The molecule has 0 spiro atoms. The van der Waals surface area contributed by atoms with Crippen LogP contribution in [0.3, 0.4) is 0 Å². The Bertz CT molecular complexity index is 1110. The molecule has 1 atom stereocenters. The summed E-state index contributed by atoms with van der Waals surface area (Å²) in [4.78, 5) is 28.3. The summed E-state index contributed by atoms with van der Waals surface area (Å²) in [7, 11) is 0. The zero-order valence-electron chi connectivity index (χ0n) is 19.7. The van der Waals surface area contributed by atoms with Crippen LogP contribution in [0.1, 0.15) is 55.7 Å². The predicted molar refractivity (Wildman–Crippen MR) is 134 cm³/mol. The summed E-state index contributed by atoms with van der Waals surface area (Å²) in [5.41, 5.74) is 3.38. The fourth-order valence-corrected chi connectivity index (χ4v) is 4.84. The minimum absolute atomic E-state index is 0.0141. The van der Waals surface area contributed by atoms with Crippen LogP contribution in [0.4, 0.5) is 0 Å². The number of fused-ring (bicyclic) bond motifs is 1. The maximum Gasteiger partial charge on any atom is 0.242 e. The van der Waals surface area contributed by atoms with Crippen molar-refractivity contribution in [2.75, 3.05) is 0 Å². The standard InChI is InChI=1S/C29H34N2O2/c1-21-10-3-4-12-25(21)20-31(22(2)29(33)30-26-15-6-7-16-26)28(32)19-18-24-14-9-13-23-11-5-8-17-27(23)24/h3-5,8-14,17,22,26H,6-7,15-16,18-20H2,1-2H3,(H,30,33). The summed E-state index contributed by atoms with van der Waals surface area (Å²) in [5, 5.41) is 5.55. The molecule has 0 heterocycles. The number of hydrogen-bond acceptors (Lipinski definition) is 2. The molecule has 3 aromatic rings. The normalized spacial score (nSPS) is 14.8. The highest BCUT2D eigenvalue weighted by Gasteiger charge is 2.28. The zero-order valence-corrected chi connectivity index (χ0v) is 19.7. The molecule has 3 aromatic carbocycles. The van der Waals surface area contributed by atoms with E-state index in [0.29, 0.717) is 19.4 Å². The third-order valence-electron chi connectivity index (χ3n) is 6.96. The topological polar surface area (TPSA) is 49.4 Å². The molecule has 0 bridgehead atoms. The van der Waals surface area contributed by atoms with Gasteiger partial charge >= 0.3 is 0 Å². The van der Waals surface area contributed by atoms with E-state index in [1.165, 1.54) is 16.3 Å². The molecule has 0 radical (unpaired) electrons. The van der Waals surface area contributed by atoms with E-state index in [9.17, 15) is 9.59 Å². The first-order valence-corrected chi connectivity index (χ1v) is 12.1. The van der Waals surface area contributed by atoms with Crippen LogP contribution in [0.2, 0.25) is 0 Å². The molecule has 4 heteroatoms. The Labute approximate surface area is 197 Å². The second-order valence-corrected chi connectivity index (χ2v) is 9.25. The van der Waals surface area contributed by atoms with Crippen molar-refractivity contribution in [3.05, 3.63) is 83.4 Å². The second-order valence-electron chi connectivity index (χ2n) is 9.25. The summed E-state index contributed by atoms with van der Waals surface area (Å²) < 4.78 is 0. The van der Waals surface area contributed by atoms with Crippen molar-refractivity contribution in [1.82, 2.24) is 10.2 Å². The highest BCUT2D eigenvalue weighted by molar-refractivity contribution is 5.89. The molecule has 4 rings (SSSR count). The Kier molecular flexibility index (Phi) is 7.43. The van der Waals surface area contributed by atoms with Gasteiger partial charge in [0.25, 0.3) is 0 Å². The maximum absolute atomic E-state index is 13.5. The van der Waals surface area contributed by atoms with Gasteiger partial charge in [0.2, 0.25) is 11.8 Å². The summed E-state index contributed by atoms with van der Waals surface area (Å²) in [6.45, 7) is 4.36. The van der Waals surface area contributed by atoms with Gasteiger partial charge in [-0.2, -0.15) is 0 Å². The quantitative estimate of drug-likeness (QED) is 0.497. The molecular weight excluding hydrogens is 408 g/mol. The van der Waals surface area contributed by atoms with Gasteiger partial charge in [-0.15, -0.1) is 0 Å². The van der Waals surface area contributed by atoms with E-state index < -0.39 is 6.04 Å². The Morgan fingerprint density at radius 3 is 2.39 bits per heavy atom. The SMILES string of the molecule is Cc1ccccc1CN(C(=O)CCc1cccc2ccccc12)C(C)C(=O)NC1CCCC1. The van der Waals surface area contributed by atoms with Crippen LogP contribution < -0.4 is 5.32 Å². The molecule has 0 saturated heterocycles. The number of hydrogen-bond donors (Lipinski definition) is 1. The molecule has 4 nitrogen and oxygen atoms in total. The van der Waals surface area contributed by atoms with E-state index in [-0.39, 0.29) is 17.9 Å². The predicted octanol–water partition coefficient (Wildman–Crippen LogP) is 5.56. The molecule has 1 saturated carbocycles. The summed E-state index contributed by atoms with van der Waals surface area (Å²) >= 11 is 0. The van der Waals surface area contributed by atoms with Crippen LogP contribution >= 0.6 is 0 Å². The van der Waals surface area contributed by atoms with Gasteiger partial charge in [0.15, 0.2) is 0 Å². The lowest BCUT2D eigenvalue weighted by molar-refractivity contribution is -0.140. The van der Waals surface area contributed by atoms with Gasteiger partial charge in [-0.05, 0) is 60.6 Å². The molecule has 0 aromatic heterocycles. The van der Waals surface area contributed by atoms with E-state index in [2.05, 4.69) is 42.6 Å². The lowest BCUT2D eigenvalue weighted by Crippen LogP contribution is -2.49. The van der Waals surface area contributed by atoms with Gasteiger partial charge < -0.3 is 10.2 Å². The van der Waals surface area contributed by atoms with E-state index in [0.717, 1.165) is 36.8 Å². The third kappa shape index (κ3) is 5.62. The monoisotopic (exact) mass is 442 g/mol. The van der Waals surface area contributed by atoms with Gasteiger partial charge in [-0.3, -0.25) is 9.59 Å². The third-order valence-corrected chi connectivity index (χ3v) is 6.96. The smallest absolute Gasteiger partial charge is 0.242 e. The fourth-order valence-electron chi connectivity index (χ4n) is 4.84. The molecule has 0 aliphatic heterocycles. The Hall–Kier alpha value is -3.14. The van der Waals surface area contributed by atoms with Crippen LogP contribution in [-0.2, 0) is 22.6 Å². The van der Waals surface area contributed by atoms with Crippen LogP contribution in [-0.4, -0.2) is 28.8 Å². The highest BCUT2D eigenvalue weighted by atomic mass is 16.2. The largest absolute Gasteiger partial charge is 0.352 e. The minimum atomic E-state index is -0.509. The molecule has 1 fully saturated rings. The average molecular weight is 443 g/mol. The van der Waals surface area contributed by atoms with Gasteiger partial charge in [0.1, 0.15) is 6.04 Å². The molecule has 1 unspecified atom stereocenters. The first-order chi connectivity index (χ1) is 16.0. The number of benzene rings is 3. The van der Waals surface area contributed by atoms with Gasteiger partial charge in [-0.1, -0.05) is 79.6 Å². The lowest BCUT2D eigenvalue weighted by atomic mass is 10.00. The molecular formula is C29H34N2O2. The number of rotatable bonds is 8. The van der Waals surface area contributed by atoms with Crippen molar-refractivity contribution in [2.45, 2.75) is 71.0 Å². The Balaban J connectivity index is 1.51. The van der Waals surface area contributed by atoms with Crippen molar-refractivity contribution >= 4 is 22.6 Å². The van der Waals surface area contributed by atoms with Crippen LogP contribution in [0.5, 0.6) is 0 Å². The highest BCUT2D eigenvalue weighted by Crippen LogP contribution is 2.22. The molecule has 1 aliphatic rings. The molecule has 1 aliphatic carbocycles. The maximum atomic E-state index is 13.5. The number of amides is 2. The van der Waals surface area contributed by atoms with Crippen molar-refractivity contribution in [1.29, 1.82) is 0 Å². The number of aryl methyl sites for hydroxylation is 2. The average Bonchev–Trinajstić information content (AvgIpc) is 3.34. The van der Waals surface area contributed by atoms with Crippen molar-refractivity contribution in [3.63, 3.8) is 0 Å². The van der Waals surface area contributed by atoms with Gasteiger partial charge in [0, 0.05) is 19.0 Å². The second kappa shape index (κ2) is 10.7. The minimum Gasteiger partial charge on any atom is -0.352 e. The number of carbonyl (C=O) groups excluding carboxylic acids is 2. The summed E-state index contributed by atoms with van der Waals surface area (Å²) in [5.74, 6) is -0.0331. The fraction of sp³-hybridized carbons (Fsp3) is 0.379. The Morgan fingerprint density at radius 1 is 0.939 bits per heavy atom. The van der Waals surface area contributed by atoms with Crippen molar-refractivity contribution < 1.29 is 9.59 Å². The van der Waals surface area contributed by atoms with E-state index >= 15 is 0 Å². The Morgan fingerprint density at radius 2 is 1.61 bits per heavy atom. The van der Waals surface area contributed by atoms with Crippen LogP contribution in [0.25, 0.3) is 10.8 Å². The van der Waals surface area contributed by atoms with Crippen molar-refractivity contribution in [2.24, 2.45) is 0 Å². The molecule has 2 amide bonds. The number of nitrogens with one attached hydrogen (secondary N) is 1. The van der Waals surface area contributed by atoms with Gasteiger partial charge in [-0.25, -0.2) is 0 Å². The molecule has 172 valence electrons. The molecule has 1 N–H and O–H groups in total. The number of carbonyl (C=O) groups is 2. The van der Waals surface area contributed by atoms with E-state index in [1.807, 2.05) is 43.3 Å². The first-order valence-electron chi connectivity index (χ1n) is 12.1. The van der Waals surface area contributed by atoms with E-state index in [1.54, 1.807) is 4.90 Å². The summed E-state index contributed by atoms with van der Waals surface area (Å²) in [6, 6.07) is 22.3.